The smallest absolute Gasteiger partial charge is 0.292 e. The minimum atomic E-state index is -4.20. The summed E-state index contributed by atoms with van der Waals surface area (Å²) < 4.78 is 23.0. The number of nitrogens with zero attached hydrogens (tertiary/aromatic N) is 1. The molecule has 2 aromatic rings. The molecule has 0 aliphatic heterocycles. The van der Waals surface area contributed by atoms with E-state index in [4.69, 9.17) is 5.14 Å². The maximum atomic E-state index is 11.5. The third-order valence-electron chi connectivity index (χ3n) is 3.24. The number of primary sulfonamides is 1. The van der Waals surface area contributed by atoms with E-state index in [0.717, 1.165) is 6.07 Å². The summed E-state index contributed by atoms with van der Waals surface area (Å²) in [5.41, 5.74) is 0.993. The van der Waals surface area contributed by atoms with Crippen molar-refractivity contribution in [3.63, 3.8) is 0 Å². The van der Waals surface area contributed by atoms with Gasteiger partial charge in [0.2, 0.25) is 10.0 Å². The normalized spacial score (nSPS) is 10.9. The Morgan fingerprint density at radius 1 is 1.04 bits per heavy atom. The van der Waals surface area contributed by atoms with Crippen LogP contribution < -0.4 is 11.3 Å². The van der Waals surface area contributed by atoms with Gasteiger partial charge in [-0.25, -0.2) is 13.6 Å². The van der Waals surface area contributed by atoms with Gasteiger partial charge in [-0.05, 0) is 17.2 Å². The van der Waals surface area contributed by atoms with Crippen molar-refractivity contribution >= 4 is 15.7 Å². The molecule has 0 heterocycles. The fraction of sp³-hybridized carbons (Fsp3) is 0.143. The Hall–Kier alpha value is -2.33. The lowest BCUT2D eigenvalue weighted by atomic mass is 9.99. The van der Waals surface area contributed by atoms with Crippen molar-refractivity contribution in [2.45, 2.75) is 17.9 Å². The molecule has 2 aromatic carbocycles. The summed E-state index contributed by atoms with van der Waals surface area (Å²) in [7, 11) is -4.20. The van der Waals surface area contributed by atoms with Crippen LogP contribution in [0.2, 0.25) is 0 Å². The monoisotopic (exact) mass is 339 g/mol. The maximum absolute atomic E-state index is 11.5. The van der Waals surface area contributed by atoms with Crippen LogP contribution in [0.1, 0.15) is 16.7 Å². The van der Waals surface area contributed by atoms with Crippen molar-refractivity contribution in [3.05, 3.63) is 69.3 Å². The van der Waals surface area contributed by atoms with Crippen molar-refractivity contribution in [2.24, 2.45) is 5.14 Å². The Morgan fingerprint density at radius 2 is 1.61 bits per heavy atom. The van der Waals surface area contributed by atoms with Crippen LogP contribution in [0.5, 0.6) is 0 Å². The zero-order chi connectivity index (χ0) is 16.3. The molecule has 124 valence electrons. The largest absolute Gasteiger partial charge is 0.392 e. The average molecular weight is 339 g/mol. The number of benzene rings is 2. The van der Waals surface area contributed by atoms with Gasteiger partial charge in [0.25, 0.3) is 5.69 Å². The summed E-state index contributed by atoms with van der Waals surface area (Å²) in [6.45, 7) is -0.209. The predicted molar refractivity (Wildman–Crippen MR) is 84.7 cm³/mol. The summed E-state index contributed by atoms with van der Waals surface area (Å²) in [5.74, 6) is 0. The van der Waals surface area contributed by atoms with E-state index in [1.54, 1.807) is 24.3 Å². The number of hydrogen-bond acceptors (Lipinski definition) is 6. The number of aliphatic hydroxyl groups is 1. The quantitative estimate of drug-likeness (QED) is 0.552. The van der Waals surface area contributed by atoms with Crippen LogP contribution in [0.25, 0.3) is 0 Å². The SMILES string of the molecule is N.NS(=O)(=O)c1cccc(Cc2ccccc2CO)c1[N+](=O)[O-]. The number of nitrogens with two attached hydrogens (primary N) is 1. The number of nitro groups is 1. The van der Waals surface area contributed by atoms with Gasteiger partial charge in [0.05, 0.1) is 11.5 Å². The van der Waals surface area contributed by atoms with Crippen LogP contribution in [-0.4, -0.2) is 18.4 Å². The topological polar surface area (TPSA) is 159 Å². The highest BCUT2D eigenvalue weighted by atomic mass is 32.2. The first-order chi connectivity index (χ1) is 10.3. The molecule has 0 amide bonds. The van der Waals surface area contributed by atoms with Crippen molar-refractivity contribution in [1.29, 1.82) is 0 Å². The molecular weight excluding hydrogens is 322 g/mol. The van der Waals surface area contributed by atoms with Gasteiger partial charge < -0.3 is 11.3 Å². The molecule has 0 saturated heterocycles. The van der Waals surface area contributed by atoms with E-state index < -0.39 is 25.5 Å². The molecule has 0 saturated carbocycles. The van der Waals surface area contributed by atoms with Crippen molar-refractivity contribution in [3.8, 4) is 0 Å². The molecule has 0 atom stereocenters. The van der Waals surface area contributed by atoms with Crippen LogP contribution in [0.3, 0.4) is 0 Å². The Balaban J connectivity index is 0.00000264. The zero-order valence-corrected chi connectivity index (χ0v) is 13.0. The molecule has 0 radical (unpaired) electrons. The molecule has 0 unspecified atom stereocenters. The third kappa shape index (κ3) is 4.11. The van der Waals surface area contributed by atoms with Crippen LogP contribution in [0.4, 0.5) is 5.69 Å². The Bertz CT molecular complexity index is 821. The molecule has 23 heavy (non-hydrogen) atoms. The van der Waals surface area contributed by atoms with E-state index in [1.165, 1.54) is 12.1 Å². The lowest BCUT2D eigenvalue weighted by Gasteiger charge is -2.09. The maximum Gasteiger partial charge on any atom is 0.292 e. The third-order valence-corrected chi connectivity index (χ3v) is 4.18. The Morgan fingerprint density at radius 3 is 2.13 bits per heavy atom. The number of aliphatic hydroxyl groups excluding tert-OH is 1. The van der Waals surface area contributed by atoms with Crippen LogP contribution in [-0.2, 0) is 23.1 Å². The van der Waals surface area contributed by atoms with E-state index in [9.17, 15) is 23.6 Å². The highest BCUT2D eigenvalue weighted by molar-refractivity contribution is 7.89. The lowest BCUT2D eigenvalue weighted by Crippen LogP contribution is -2.15. The van der Waals surface area contributed by atoms with E-state index in [1.807, 2.05) is 0 Å². The van der Waals surface area contributed by atoms with E-state index in [-0.39, 0.29) is 24.7 Å². The second-order valence-electron chi connectivity index (χ2n) is 4.67. The van der Waals surface area contributed by atoms with Gasteiger partial charge in [0, 0.05) is 12.0 Å². The van der Waals surface area contributed by atoms with Gasteiger partial charge in [-0.2, -0.15) is 0 Å². The fourth-order valence-electron chi connectivity index (χ4n) is 2.24. The second-order valence-corrected chi connectivity index (χ2v) is 6.20. The number of para-hydroxylation sites is 1. The molecule has 8 nitrogen and oxygen atoms in total. The first kappa shape index (κ1) is 18.7. The van der Waals surface area contributed by atoms with Crippen LogP contribution >= 0.6 is 0 Å². The first-order valence-corrected chi connectivity index (χ1v) is 7.86. The predicted octanol–water partition coefficient (Wildman–Crippen LogP) is 1.49. The first-order valence-electron chi connectivity index (χ1n) is 6.31. The summed E-state index contributed by atoms with van der Waals surface area (Å²) in [5, 5.41) is 25.6. The molecule has 9 heteroatoms. The second kappa shape index (κ2) is 7.29. The van der Waals surface area contributed by atoms with Gasteiger partial charge in [-0.15, -0.1) is 0 Å². The molecule has 0 aromatic heterocycles. The van der Waals surface area contributed by atoms with Gasteiger partial charge >= 0.3 is 0 Å². The summed E-state index contributed by atoms with van der Waals surface area (Å²) >= 11 is 0. The molecule has 6 N–H and O–H groups in total. The van der Waals surface area contributed by atoms with Gasteiger partial charge in [-0.3, -0.25) is 10.1 Å². The number of hydrogen-bond donors (Lipinski definition) is 3. The van der Waals surface area contributed by atoms with Gasteiger partial charge in [-0.1, -0.05) is 36.4 Å². The molecule has 0 aliphatic carbocycles. The van der Waals surface area contributed by atoms with E-state index in [2.05, 4.69) is 0 Å². The van der Waals surface area contributed by atoms with E-state index >= 15 is 0 Å². The summed E-state index contributed by atoms with van der Waals surface area (Å²) in [6, 6.07) is 10.9. The number of sulfonamides is 1. The van der Waals surface area contributed by atoms with Crippen LogP contribution in [0, 0.1) is 10.1 Å². The molecular formula is C14H17N3O5S. The Labute approximate surface area is 133 Å². The lowest BCUT2D eigenvalue weighted by molar-refractivity contribution is -0.388. The summed E-state index contributed by atoms with van der Waals surface area (Å²) in [6.07, 6.45) is 0.121. The number of rotatable bonds is 5. The Kier molecular flexibility index (Phi) is 5.93. The highest BCUT2D eigenvalue weighted by Gasteiger charge is 2.26. The summed E-state index contributed by atoms with van der Waals surface area (Å²) in [4.78, 5) is 10.00. The zero-order valence-electron chi connectivity index (χ0n) is 12.2. The minimum Gasteiger partial charge on any atom is -0.392 e. The number of nitro benzene ring substituents is 1. The average Bonchev–Trinajstić information content (AvgIpc) is 2.46. The molecule has 0 spiro atoms. The van der Waals surface area contributed by atoms with Crippen molar-refractivity contribution < 1.29 is 18.4 Å². The van der Waals surface area contributed by atoms with E-state index in [0.29, 0.717) is 11.1 Å². The molecule has 0 aliphatic rings. The standard InChI is InChI=1S/C14H14N2O5S.H3N/c15-22(20,21)13-7-3-6-11(14(13)16(18)19)8-10-4-1-2-5-12(10)9-17;/h1-7,17H,8-9H2,(H2,15,20,21);1H3. The highest BCUT2D eigenvalue weighted by Crippen LogP contribution is 2.29. The van der Waals surface area contributed by atoms with Crippen LogP contribution in [0.15, 0.2) is 47.4 Å². The minimum absolute atomic E-state index is 0. The van der Waals surface area contributed by atoms with Gasteiger partial charge in [0.15, 0.2) is 4.90 Å². The molecule has 0 fully saturated rings. The van der Waals surface area contributed by atoms with Crippen molar-refractivity contribution in [2.75, 3.05) is 0 Å². The van der Waals surface area contributed by atoms with Gasteiger partial charge in [0.1, 0.15) is 0 Å². The molecule has 0 bridgehead atoms. The fourth-order valence-corrected chi connectivity index (χ4v) is 2.98. The van der Waals surface area contributed by atoms with Crippen molar-refractivity contribution in [1.82, 2.24) is 6.15 Å². The molecule has 2 rings (SSSR count).